The van der Waals surface area contributed by atoms with Crippen LogP contribution in [0.3, 0.4) is 0 Å². The van der Waals surface area contributed by atoms with Crippen LogP contribution in [-0.2, 0) is 25.2 Å². The van der Waals surface area contributed by atoms with E-state index >= 15 is 0 Å². The van der Waals surface area contributed by atoms with Crippen molar-refractivity contribution in [3.8, 4) is 0 Å². The number of nitrogens with two attached hydrogens (primary N) is 1. The fourth-order valence-corrected chi connectivity index (χ4v) is 4.56. The van der Waals surface area contributed by atoms with Gasteiger partial charge in [-0.15, -0.1) is 5.56 Å². The van der Waals surface area contributed by atoms with Crippen LogP contribution < -0.4 is 11.1 Å². The minimum atomic E-state index is -1.18. The first-order chi connectivity index (χ1) is 12.5. The topological polar surface area (TPSA) is 116 Å². The number of aliphatic hydroxyl groups excluding tert-OH is 1. The molecular formula is C21H33N2O4Pd-. The Morgan fingerprint density at radius 2 is 2.00 bits per heavy atom. The first-order valence-electron chi connectivity index (χ1n) is 9.56. The van der Waals surface area contributed by atoms with E-state index in [1.165, 1.54) is 12.0 Å². The van der Waals surface area contributed by atoms with Gasteiger partial charge in [0.05, 0.1) is 12.2 Å². The van der Waals surface area contributed by atoms with Crippen molar-refractivity contribution in [1.29, 1.82) is 0 Å². The Kier molecular flexibility index (Phi) is 8.83. The molecule has 4 rings (SSSR count). The zero-order valence-corrected chi connectivity index (χ0v) is 18.5. The number of fused-ring (bicyclic) bond motifs is 2. The molecule has 0 aromatic heterocycles. The average molecular weight is 484 g/mol. The van der Waals surface area contributed by atoms with Crippen LogP contribution in [0.1, 0.15) is 52.1 Å². The summed E-state index contributed by atoms with van der Waals surface area (Å²) in [5, 5.41) is 30.5. The molecule has 3 fully saturated rings. The van der Waals surface area contributed by atoms with Crippen LogP contribution in [0.5, 0.6) is 0 Å². The molecule has 7 heteroatoms. The molecule has 6 atom stereocenters. The van der Waals surface area contributed by atoms with E-state index < -0.39 is 24.2 Å². The Bertz CT molecular complexity index is 639. The molecule has 3 aliphatic carbocycles. The van der Waals surface area contributed by atoms with Gasteiger partial charge in [0.1, 0.15) is 6.04 Å². The van der Waals surface area contributed by atoms with Gasteiger partial charge in [0.2, 0.25) is 0 Å². The Hall–Kier alpha value is -0.808. The number of rotatable bonds is 5. The van der Waals surface area contributed by atoms with Crippen molar-refractivity contribution in [2.75, 3.05) is 6.61 Å². The summed E-state index contributed by atoms with van der Waals surface area (Å²) in [5.74, 6) is -0.0159. The molecule has 0 heterocycles. The molecule has 162 valence electrons. The molecule has 3 aliphatic rings. The van der Waals surface area contributed by atoms with Crippen LogP contribution >= 0.6 is 0 Å². The van der Waals surface area contributed by atoms with Crippen LogP contribution in [0.15, 0.2) is 24.3 Å². The van der Waals surface area contributed by atoms with E-state index in [1.54, 1.807) is 0 Å². The molecule has 1 aromatic carbocycles. The minimum absolute atomic E-state index is 0. The first-order valence-corrected chi connectivity index (χ1v) is 9.56. The fraction of sp³-hybridized carbons (Fsp3) is 0.667. The Labute approximate surface area is 181 Å². The van der Waals surface area contributed by atoms with Crippen molar-refractivity contribution in [2.24, 2.45) is 23.0 Å². The molecular weight excluding hydrogens is 451 g/mol. The second-order valence-electron chi connectivity index (χ2n) is 8.65. The molecule has 6 nitrogen and oxygen atoms in total. The second-order valence-corrected chi connectivity index (χ2v) is 8.65. The van der Waals surface area contributed by atoms with Crippen molar-refractivity contribution < 1.29 is 40.5 Å². The van der Waals surface area contributed by atoms with Crippen molar-refractivity contribution in [1.82, 2.24) is 5.32 Å². The summed E-state index contributed by atoms with van der Waals surface area (Å²) < 4.78 is 0. The van der Waals surface area contributed by atoms with Gasteiger partial charge in [0.15, 0.2) is 0 Å². The fourth-order valence-electron chi connectivity index (χ4n) is 4.56. The van der Waals surface area contributed by atoms with Gasteiger partial charge in [-0.25, -0.2) is 0 Å². The van der Waals surface area contributed by atoms with Crippen LogP contribution in [0.25, 0.3) is 0 Å². The smallest absolute Gasteiger partial charge is 0.322 e. The van der Waals surface area contributed by atoms with Gasteiger partial charge < -0.3 is 26.4 Å². The van der Waals surface area contributed by atoms with Gasteiger partial charge in [-0.3, -0.25) is 4.79 Å². The van der Waals surface area contributed by atoms with E-state index in [-0.39, 0.29) is 32.5 Å². The monoisotopic (exact) mass is 483 g/mol. The van der Waals surface area contributed by atoms with Crippen LogP contribution in [0, 0.1) is 23.3 Å². The number of carbonyl (C=O) groups is 1. The van der Waals surface area contributed by atoms with E-state index in [2.05, 4.69) is 38.2 Å². The number of aliphatic carboxylic acids is 1. The molecule has 0 spiro atoms. The molecule has 28 heavy (non-hydrogen) atoms. The van der Waals surface area contributed by atoms with Gasteiger partial charge in [0, 0.05) is 32.5 Å². The van der Waals surface area contributed by atoms with Crippen molar-refractivity contribution in [3.05, 3.63) is 35.9 Å². The van der Waals surface area contributed by atoms with Crippen molar-refractivity contribution in [3.63, 3.8) is 0 Å². The molecule has 0 aliphatic heterocycles. The number of hydrogen-bond donors (Lipinski definition) is 5. The summed E-state index contributed by atoms with van der Waals surface area (Å²) in [5.41, 5.74) is 5.62. The number of carboxylic acid groups (broad SMARTS) is 1. The molecule has 0 radical (unpaired) electrons. The third kappa shape index (κ3) is 5.21. The SMILES string of the molecule is C[C@H](N[C@@H]1C[C@H]2C[C@H](C2(C)C)[C@@]1(C)O)c1[c-]cccc1.N[C@@H](CO)C(=O)O.[Pd]. The summed E-state index contributed by atoms with van der Waals surface area (Å²) in [7, 11) is 0. The Morgan fingerprint density at radius 1 is 1.36 bits per heavy atom. The summed E-state index contributed by atoms with van der Waals surface area (Å²) >= 11 is 0. The van der Waals surface area contributed by atoms with E-state index in [9.17, 15) is 9.90 Å². The van der Waals surface area contributed by atoms with Gasteiger partial charge >= 0.3 is 5.97 Å². The molecule has 3 saturated carbocycles. The summed E-state index contributed by atoms with van der Waals surface area (Å²) in [6.45, 7) is 8.30. The summed E-state index contributed by atoms with van der Waals surface area (Å²) in [6, 6.07) is 10.7. The van der Waals surface area contributed by atoms with Crippen molar-refractivity contribution in [2.45, 2.75) is 64.3 Å². The maximum Gasteiger partial charge on any atom is 0.322 e. The minimum Gasteiger partial charge on any atom is -0.480 e. The predicted octanol–water partition coefficient (Wildman–Crippen LogP) is 1.71. The maximum absolute atomic E-state index is 11.0. The molecule has 1 aromatic rings. The van der Waals surface area contributed by atoms with Crippen LogP contribution in [0.4, 0.5) is 0 Å². The molecule has 2 bridgehead atoms. The maximum atomic E-state index is 11.0. The zero-order chi connectivity index (χ0) is 20.4. The number of nitrogens with one attached hydrogen (secondary N) is 1. The van der Waals surface area contributed by atoms with E-state index in [0.717, 1.165) is 12.3 Å². The standard InChI is InChI=1S/C18H26NO.C3H7NO3.Pd/c1-12(13-8-6-5-7-9-13)19-16-11-14-10-15(17(14,2)3)18(16,4)20;4-2(1-5)3(6)7;/h5-8,12,14-16,19-20H,10-11H2,1-4H3;2,5H,1,4H2,(H,6,7);/q-1;;/t12-,14+,15+,16+,18+;2-;/m00./s1. The molecule has 0 amide bonds. The largest absolute Gasteiger partial charge is 0.480 e. The Balaban J connectivity index is 0.000000425. The summed E-state index contributed by atoms with van der Waals surface area (Å²) in [4.78, 5) is 9.65. The van der Waals surface area contributed by atoms with Crippen molar-refractivity contribution >= 4 is 5.97 Å². The van der Waals surface area contributed by atoms with Gasteiger partial charge in [-0.05, 0) is 43.9 Å². The van der Waals surface area contributed by atoms with Gasteiger partial charge in [-0.2, -0.15) is 30.3 Å². The van der Waals surface area contributed by atoms with E-state index in [4.69, 9.17) is 15.9 Å². The molecule has 0 saturated heterocycles. The number of hydrogen-bond acceptors (Lipinski definition) is 5. The van der Waals surface area contributed by atoms with Crippen LogP contribution in [0.2, 0.25) is 0 Å². The molecule has 0 unspecified atom stereocenters. The molecule has 6 N–H and O–H groups in total. The number of carboxylic acids is 1. The van der Waals surface area contributed by atoms with E-state index in [1.807, 2.05) is 25.1 Å². The predicted molar refractivity (Wildman–Crippen MR) is 104 cm³/mol. The zero-order valence-electron chi connectivity index (χ0n) is 17.0. The van der Waals surface area contributed by atoms with Crippen LogP contribution in [-0.4, -0.2) is 45.6 Å². The third-order valence-electron chi connectivity index (χ3n) is 6.57. The quantitative estimate of drug-likeness (QED) is 0.322. The second kappa shape index (κ2) is 9.80. The van der Waals surface area contributed by atoms with Gasteiger partial charge in [0.25, 0.3) is 0 Å². The van der Waals surface area contributed by atoms with Gasteiger partial charge in [-0.1, -0.05) is 13.8 Å². The first kappa shape index (κ1) is 25.2. The third-order valence-corrected chi connectivity index (χ3v) is 6.57. The average Bonchev–Trinajstić information content (AvgIpc) is 2.62. The van der Waals surface area contributed by atoms with E-state index in [0.29, 0.717) is 11.3 Å². The number of benzene rings is 1. The summed E-state index contributed by atoms with van der Waals surface area (Å²) in [6.07, 6.45) is 2.26. The normalized spacial score (nSPS) is 31.9. The number of aliphatic hydroxyl groups is 2. The Morgan fingerprint density at radius 3 is 2.39 bits per heavy atom.